The van der Waals surface area contributed by atoms with E-state index in [1.54, 1.807) is 30.3 Å². The molecular weight excluding hydrogens is 346 g/mol. The van der Waals surface area contributed by atoms with Crippen LogP contribution in [0.3, 0.4) is 0 Å². The third-order valence-electron chi connectivity index (χ3n) is 3.47. The topological polar surface area (TPSA) is 105 Å². The molecular formula is C16H16ClN5O3. The molecule has 1 heterocycles. The van der Waals surface area contributed by atoms with E-state index < -0.39 is 5.97 Å². The normalized spacial score (nSPS) is 13.0. The number of methoxy groups -OCH3 is 1. The number of anilines is 3. The van der Waals surface area contributed by atoms with Crippen molar-refractivity contribution < 1.29 is 14.3 Å². The summed E-state index contributed by atoms with van der Waals surface area (Å²) in [4.78, 5) is 23.2. The van der Waals surface area contributed by atoms with Crippen molar-refractivity contribution in [2.24, 2.45) is 0 Å². The summed E-state index contributed by atoms with van der Waals surface area (Å²) in [6.07, 6.45) is 2.01. The first-order valence-electron chi connectivity index (χ1n) is 7.61. The lowest BCUT2D eigenvalue weighted by Gasteiger charge is -2.10. The van der Waals surface area contributed by atoms with Crippen LogP contribution in [0.2, 0.25) is 5.02 Å². The number of ether oxygens (including phenoxy) is 1. The van der Waals surface area contributed by atoms with E-state index in [-0.39, 0.29) is 12.1 Å². The van der Waals surface area contributed by atoms with Crippen LogP contribution in [0.25, 0.3) is 0 Å². The average molecular weight is 362 g/mol. The van der Waals surface area contributed by atoms with E-state index in [0.717, 1.165) is 12.8 Å². The first kappa shape index (κ1) is 17.0. The van der Waals surface area contributed by atoms with Crippen molar-refractivity contribution in [1.82, 2.24) is 15.5 Å². The van der Waals surface area contributed by atoms with Crippen molar-refractivity contribution in [2.75, 3.05) is 17.7 Å². The number of nitrogens with one attached hydrogen (secondary N) is 3. The molecule has 0 saturated heterocycles. The molecule has 0 aliphatic heterocycles. The van der Waals surface area contributed by atoms with Gasteiger partial charge in [0.1, 0.15) is 0 Å². The summed E-state index contributed by atoms with van der Waals surface area (Å²) in [6, 6.07) is 7.92. The summed E-state index contributed by atoms with van der Waals surface area (Å²) in [6.45, 7) is 0. The van der Waals surface area contributed by atoms with E-state index in [2.05, 4.69) is 30.9 Å². The molecule has 0 atom stereocenters. The monoisotopic (exact) mass is 361 g/mol. The van der Waals surface area contributed by atoms with E-state index in [0.29, 0.717) is 27.9 Å². The fraction of sp³-hybridized carbons (Fsp3) is 0.250. The molecule has 3 rings (SSSR count). The lowest BCUT2D eigenvalue weighted by Crippen LogP contribution is -2.30. The van der Waals surface area contributed by atoms with E-state index in [1.165, 1.54) is 7.11 Å². The van der Waals surface area contributed by atoms with Gasteiger partial charge in [-0.1, -0.05) is 11.6 Å². The summed E-state index contributed by atoms with van der Waals surface area (Å²) in [5.74, 6) is 0.280. The number of esters is 1. The Labute approximate surface area is 148 Å². The smallest absolute Gasteiger partial charge is 0.337 e. The van der Waals surface area contributed by atoms with Gasteiger partial charge >= 0.3 is 12.0 Å². The van der Waals surface area contributed by atoms with Gasteiger partial charge in [-0.15, -0.1) is 10.2 Å². The number of carbonyl (C=O) groups is 2. The predicted octanol–water partition coefficient (Wildman–Crippen LogP) is 2.94. The van der Waals surface area contributed by atoms with Crippen molar-refractivity contribution >= 4 is 40.9 Å². The van der Waals surface area contributed by atoms with Crippen LogP contribution in [0.1, 0.15) is 23.2 Å². The summed E-state index contributed by atoms with van der Waals surface area (Å²) in [5, 5.41) is 16.7. The molecule has 1 aliphatic rings. The summed E-state index contributed by atoms with van der Waals surface area (Å²) >= 11 is 6.12. The molecule has 3 N–H and O–H groups in total. The number of benzene rings is 1. The largest absolute Gasteiger partial charge is 0.465 e. The molecule has 130 valence electrons. The number of rotatable bonds is 5. The third kappa shape index (κ3) is 4.57. The second kappa shape index (κ2) is 7.35. The average Bonchev–Trinajstić information content (AvgIpc) is 3.41. The van der Waals surface area contributed by atoms with Crippen LogP contribution in [0.4, 0.5) is 22.1 Å². The maximum absolute atomic E-state index is 11.6. The zero-order valence-electron chi connectivity index (χ0n) is 13.4. The van der Waals surface area contributed by atoms with Crippen LogP contribution in [-0.2, 0) is 4.74 Å². The molecule has 1 aromatic heterocycles. The van der Waals surface area contributed by atoms with Crippen molar-refractivity contribution in [3.05, 3.63) is 40.9 Å². The predicted molar refractivity (Wildman–Crippen MR) is 93.3 cm³/mol. The van der Waals surface area contributed by atoms with Gasteiger partial charge in [-0.25, -0.2) is 9.59 Å². The number of carbonyl (C=O) groups excluding carboxylic acids is 2. The van der Waals surface area contributed by atoms with Crippen LogP contribution in [-0.4, -0.2) is 35.3 Å². The minimum Gasteiger partial charge on any atom is -0.465 e. The Morgan fingerprint density at radius 1 is 1.16 bits per heavy atom. The Balaban J connectivity index is 1.66. The maximum atomic E-state index is 11.6. The van der Waals surface area contributed by atoms with E-state index >= 15 is 0 Å². The Morgan fingerprint density at radius 2 is 1.88 bits per heavy atom. The van der Waals surface area contributed by atoms with Crippen LogP contribution in [0.15, 0.2) is 30.3 Å². The van der Waals surface area contributed by atoms with Crippen LogP contribution in [0.5, 0.6) is 0 Å². The number of urea groups is 1. The van der Waals surface area contributed by atoms with Crippen molar-refractivity contribution in [3.63, 3.8) is 0 Å². The molecule has 0 radical (unpaired) electrons. The standard InChI is InChI=1S/C16H16ClN5O3/c1-25-15(23)9-2-5-11(17)12(8-9)19-13-6-7-14(22-21-13)20-16(24)18-10-3-4-10/h2,5-8,10H,3-4H2,1H3,(H,19,21)(H2,18,20,22,24). The van der Waals surface area contributed by atoms with Crippen LogP contribution < -0.4 is 16.0 Å². The van der Waals surface area contributed by atoms with Gasteiger partial charge in [0.25, 0.3) is 0 Å². The third-order valence-corrected chi connectivity index (χ3v) is 3.80. The highest BCUT2D eigenvalue weighted by atomic mass is 35.5. The number of nitrogens with zero attached hydrogens (tertiary/aromatic N) is 2. The van der Waals surface area contributed by atoms with E-state index in [9.17, 15) is 9.59 Å². The van der Waals surface area contributed by atoms with Gasteiger partial charge in [-0.3, -0.25) is 5.32 Å². The van der Waals surface area contributed by atoms with Gasteiger partial charge in [0, 0.05) is 6.04 Å². The zero-order valence-corrected chi connectivity index (χ0v) is 14.1. The molecule has 8 nitrogen and oxygen atoms in total. The Hall–Kier alpha value is -2.87. The van der Waals surface area contributed by atoms with Gasteiger partial charge in [0.2, 0.25) is 0 Å². The molecule has 0 spiro atoms. The first-order valence-corrected chi connectivity index (χ1v) is 7.99. The SMILES string of the molecule is COC(=O)c1ccc(Cl)c(Nc2ccc(NC(=O)NC3CC3)nn2)c1. The quantitative estimate of drug-likeness (QED) is 0.707. The van der Waals surface area contributed by atoms with Gasteiger partial charge in [0.15, 0.2) is 11.6 Å². The van der Waals surface area contributed by atoms with Crippen LogP contribution >= 0.6 is 11.6 Å². The highest BCUT2D eigenvalue weighted by Gasteiger charge is 2.23. The van der Waals surface area contributed by atoms with Crippen molar-refractivity contribution in [2.45, 2.75) is 18.9 Å². The number of halogens is 1. The Bertz CT molecular complexity index is 793. The van der Waals surface area contributed by atoms with E-state index in [4.69, 9.17) is 11.6 Å². The number of aromatic nitrogens is 2. The summed E-state index contributed by atoms with van der Waals surface area (Å²) in [5.41, 5.74) is 0.850. The lowest BCUT2D eigenvalue weighted by atomic mass is 10.2. The van der Waals surface area contributed by atoms with Crippen molar-refractivity contribution in [3.8, 4) is 0 Å². The number of hydrogen-bond donors (Lipinski definition) is 3. The fourth-order valence-electron chi connectivity index (χ4n) is 2.03. The summed E-state index contributed by atoms with van der Waals surface area (Å²) < 4.78 is 4.68. The Kier molecular flexibility index (Phi) is 4.99. The molecule has 0 bridgehead atoms. The maximum Gasteiger partial charge on any atom is 0.337 e. The molecule has 25 heavy (non-hydrogen) atoms. The van der Waals surface area contributed by atoms with Gasteiger partial charge in [0.05, 0.1) is 23.4 Å². The molecule has 1 aliphatic carbocycles. The van der Waals surface area contributed by atoms with Crippen molar-refractivity contribution in [1.29, 1.82) is 0 Å². The van der Waals surface area contributed by atoms with Gasteiger partial charge in [-0.05, 0) is 43.2 Å². The summed E-state index contributed by atoms with van der Waals surface area (Å²) in [7, 11) is 1.31. The molecule has 2 aromatic rings. The van der Waals surface area contributed by atoms with Gasteiger partial charge < -0.3 is 15.4 Å². The highest BCUT2D eigenvalue weighted by molar-refractivity contribution is 6.33. The first-order chi connectivity index (χ1) is 12.0. The second-order valence-corrected chi connectivity index (χ2v) is 5.89. The molecule has 0 unspecified atom stereocenters. The molecule has 2 amide bonds. The number of hydrogen-bond acceptors (Lipinski definition) is 6. The molecule has 1 aromatic carbocycles. The molecule has 9 heteroatoms. The Morgan fingerprint density at radius 3 is 2.52 bits per heavy atom. The highest BCUT2D eigenvalue weighted by Crippen LogP contribution is 2.26. The molecule has 1 saturated carbocycles. The minimum absolute atomic E-state index is 0.262. The van der Waals surface area contributed by atoms with Gasteiger partial charge in [-0.2, -0.15) is 0 Å². The molecule has 1 fully saturated rings. The second-order valence-electron chi connectivity index (χ2n) is 5.49. The number of amides is 2. The minimum atomic E-state index is -0.466. The lowest BCUT2D eigenvalue weighted by molar-refractivity contribution is 0.0601. The van der Waals surface area contributed by atoms with E-state index in [1.807, 2.05) is 0 Å². The van der Waals surface area contributed by atoms with Crippen LogP contribution in [0, 0.1) is 0 Å². The fourth-order valence-corrected chi connectivity index (χ4v) is 2.20. The zero-order chi connectivity index (χ0) is 17.8.